The first-order valence-corrected chi connectivity index (χ1v) is 12.7. The third-order valence-electron chi connectivity index (χ3n) is 7.02. The number of aromatic nitrogens is 6. The van der Waals surface area contributed by atoms with Gasteiger partial charge in [-0.05, 0) is 30.7 Å². The van der Waals surface area contributed by atoms with Crippen molar-refractivity contribution >= 4 is 23.1 Å². The number of rotatable bonds is 7. The fraction of sp³-hybridized carbons (Fsp3) is 0.385. The van der Waals surface area contributed by atoms with E-state index in [0.29, 0.717) is 55.5 Å². The molecule has 2 aliphatic rings. The second kappa shape index (κ2) is 10.2. The number of nitrogens with one attached hydrogen (secondary N) is 2. The van der Waals surface area contributed by atoms with Crippen molar-refractivity contribution in [2.24, 2.45) is 7.05 Å². The average molecular weight is 532 g/mol. The highest BCUT2D eigenvalue weighted by atomic mass is 16.6. The van der Waals surface area contributed by atoms with Crippen LogP contribution in [0.5, 0.6) is 0 Å². The van der Waals surface area contributed by atoms with Gasteiger partial charge in [-0.1, -0.05) is 0 Å². The number of amides is 2. The predicted octanol–water partition coefficient (Wildman–Crippen LogP) is 0.917. The van der Waals surface area contributed by atoms with Crippen LogP contribution in [0.3, 0.4) is 0 Å². The number of aryl methyl sites for hydroxylation is 2. The largest absolute Gasteiger partial charge is 0.375 e. The van der Waals surface area contributed by atoms with Crippen LogP contribution in [0.4, 0.5) is 5.69 Å². The number of nitrogens with zero attached hydrogens (tertiary/aromatic N) is 7. The van der Waals surface area contributed by atoms with Crippen LogP contribution in [0.1, 0.15) is 26.7 Å². The number of ether oxygens (including phenoxy) is 2. The van der Waals surface area contributed by atoms with E-state index >= 15 is 0 Å². The minimum atomic E-state index is -0.458. The van der Waals surface area contributed by atoms with E-state index in [4.69, 9.17) is 9.47 Å². The van der Waals surface area contributed by atoms with E-state index in [0.717, 1.165) is 24.2 Å². The van der Waals surface area contributed by atoms with Crippen molar-refractivity contribution in [1.29, 1.82) is 0 Å². The molecule has 2 saturated heterocycles. The Bertz CT molecular complexity index is 1540. The van der Waals surface area contributed by atoms with Crippen LogP contribution in [0.2, 0.25) is 0 Å². The van der Waals surface area contributed by atoms with E-state index in [1.54, 1.807) is 34.5 Å². The summed E-state index contributed by atoms with van der Waals surface area (Å²) in [6, 6.07) is 5.34. The van der Waals surface area contributed by atoms with Crippen molar-refractivity contribution in [3.05, 3.63) is 60.1 Å². The lowest BCUT2D eigenvalue weighted by molar-refractivity contribution is -0.237. The number of anilines is 1. The van der Waals surface area contributed by atoms with Gasteiger partial charge in [0, 0.05) is 57.4 Å². The Labute approximate surface area is 224 Å². The van der Waals surface area contributed by atoms with E-state index in [1.165, 1.54) is 6.20 Å². The molecular weight excluding hydrogens is 502 g/mol. The SMILES string of the molecule is Cc1ncc(C(=O)NCCN2CCOC3(COC3)C2)cc1NC(=O)c1nnc2cc(-c3cnn(C)c3)ccn12. The molecule has 2 amide bonds. The Kier molecular flexibility index (Phi) is 6.54. The second-order valence-corrected chi connectivity index (χ2v) is 9.94. The molecule has 6 heterocycles. The molecule has 0 aliphatic carbocycles. The molecule has 0 radical (unpaired) electrons. The van der Waals surface area contributed by atoms with E-state index in [2.05, 4.69) is 35.8 Å². The highest BCUT2D eigenvalue weighted by Crippen LogP contribution is 2.26. The number of fused-ring (bicyclic) bond motifs is 1. The standard InChI is InChI=1S/C26H29N9O4/c1-17-21(9-19(11-28-17)24(36)27-4-6-34-7-8-39-26(14-34)15-38-16-26)30-25(37)23-32-31-22-10-18(3-5-35(22)23)20-12-29-33(2)13-20/h3,5,9-13H,4,6-8,14-16H2,1-2H3,(H,27,36)(H,30,37). The van der Waals surface area contributed by atoms with Gasteiger partial charge < -0.3 is 20.1 Å². The fourth-order valence-corrected chi connectivity index (χ4v) is 4.81. The zero-order chi connectivity index (χ0) is 27.0. The summed E-state index contributed by atoms with van der Waals surface area (Å²) < 4.78 is 14.5. The van der Waals surface area contributed by atoms with E-state index < -0.39 is 5.91 Å². The molecule has 202 valence electrons. The molecule has 4 aromatic rings. The third kappa shape index (κ3) is 5.11. The maximum absolute atomic E-state index is 13.1. The van der Waals surface area contributed by atoms with Crippen LogP contribution in [0.15, 0.2) is 43.0 Å². The summed E-state index contributed by atoms with van der Waals surface area (Å²) in [4.78, 5) is 32.5. The summed E-state index contributed by atoms with van der Waals surface area (Å²) in [5, 5.41) is 18.2. The van der Waals surface area contributed by atoms with Crippen molar-refractivity contribution < 1.29 is 19.1 Å². The van der Waals surface area contributed by atoms with Crippen molar-refractivity contribution in [2.75, 3.05) is 51.3 Å². The molecule has 2 N–H and O–H groups in total. The molecule has 2 fully saturated rings. The number of pyridine rings is 2. The monoisotopic (exact) mass is 531 g/mol. The molecule has 2 aliphatic heterocycles. The maximum Gasteiger partial charge on any atom is 0.294 e. The molecule has 0 aromatic carbocycles. The van der Waals surface area contributed by atoms with Crippen molar-refractivity contribution in [3.63, 3.8) is 0 Å². The van der Waals surface area contributed by atoms with Gasteiger partial charge in [-0.25, -0.2) is 0 Å². The van der Waals surface area contributed by atoms with Gasteiger partial charge in [0.2, 0.25) is 5.82 Å². The zero-order valence-electron chi connectivity index (χ0n) is 21.8. The van der Waals surface area contributed by atoms with Crippen LogP contribution in [0.25, 0.3) is 16.8 Å². The van der Waals surface area contributed by atoms with Crippen LogP contribution in [-0.2, 0) is 16.5 Å². The summed E-state index contributed by atoms with van der Waals surface area (Å²) >= 11 is 0. The lowest BCUT2D eigenvalue weighted by Gasteiger charge is -2.47. The highest BCUT2D eigenvalue weighted by Gasteiger charge is 2.43. The number of carbonyl (C=O) groups excluding carboxylic acids is 2. The molecule has 39 heavy (non-hydrogen) atoms. The summed E-state index contributed by atoms with van der Waals surface area (Å²) in [5.74, 6) is -0.596. The first kappa shape index (κ1) is 25.1. The molecule has 6 rings (SSSR count). The molecule has 0 atom stereocenters. The number of morpholine rings is 1. The Hall–Kier alpha value is -4.20. The first-order valence-electron chi connectivity index (χ1n) is 12.7. The van der Waals surface area contributed by atoms with Crippen LogP contribution in [-0.4, -0.2) is 97.7 Å². The molecule has 0 saturated carbocycles. The van der Waals surface area contributed by atoms with Gasteiger partial charge in [-0.3, -0.25) is 28.6 Å². The minimum Gasteiger partial charge on any atom is -0.375 e. The normalized spacial score (nSPS) is 16.8. The second-order valence-electron chi connectivity index (χ2n) is 9.94. The summed E-state index contributed by atoms with van der Waals surface area (Å²) in [5.41, 5.74) is 3.56. The predicted molar refractivity (Wildman–Crippen MR) is 140 cm³/mol. The van der Waals surface area contributed by atoms with Gasteiger partial charge in [0.15, 0.2) is 5.65 Å². The van der Waals surface area contributed by atoms with Crippen LogP contribution < -0.4 is 10.6 Å². The van der Waals surface area contributed by atoms with E-state index in [1.807, 2.05) is 25.4 Å². The Morgan fingerprint density at radius 2 is 2.00 bits per heavy atom. The van der Waals surface area contributed by atoms with Gasteiger partial charge >= 0.3 is 0 Å². The van der Waals surface area contributed by atoms with Gasteiger partial charge in [0.1, 0.15) is 5.60 Å². The number of hydrogen-bond acceptors (Lipinski definition) is 9. The van der Waals surface area contributed by atoms with Gasteiger partial charge in [0.25, 0.3) is 11.8 Å². The minimum absolute atomic E-state index is 0.122. The Balaban J connectivity index is 1.10. The summed E-state index contributed by atoms with van der Waals surface area (Å²) in [6.45, 7) is 6.48. The lowest BCUT2D eigenvalue weighted by atomic mass is 10.00. The van der Waals surface area contributed by atoms with Crippen LogP contribution >= 0.6 is 0 Å². The smallest absolute Gasteiger partial charge is 0.294 e. The molecule has 1 spiro atoms. The molecule has 0 unspecified atom stereocenters. The Morgan fingerprint density at radius 1 is 1.13 bits per heavy atom. The van der Waals surface area contributed by atoms with Crippen molar-refractivity contribution in [2.45, 2.75) is 12.5 Å². The highest BCUT2D eigenvalue weighted by molar-refractivity contribution is 6.03. The fourth-order valence-electron chi connectivity index (χ4n) is 4.81. The average Bonchev–Trinajstić information content (AvgIpc) is 3.55. The third-order valence-corrected chi connectivity index (χ3v) is 7.02. The topological polar surface area (TPSA) is 141 Å². The molecule has 4 aromatic heterocycles. The van der Waals surface area contributed by atoms with Gasteiger partial charge in [0.05, 0.1) is 43.0 Å². The van der Waals surface area contributed by atoms with Gasteiger partial charge in [-0.15, -0.1) is 10.2 Å². The maximum atomic E-state index is 13.1. The number of hydrogen-bond donors (Lipinski definition) is 2. The van der Waals surface area contributed by atoms with E-state index in [-0.39, 0.29) is 17.3 Å². The van der Waals surface area contributed by atoms with Crippen LogP contribution in [0, 0.1) is 6.92 Å². The lowest BCUT2D eigenvalue weighted by Crippen LogP contribution is -2.63. The molecular formula is C26H29N9O4. The molecule has 13 heteroatoms. The van der Waals surface area contributed by atoms with E-state index in [9.17, 15) is 9.59 Å². The van der Waals surface area contributed by atoms with Crippen molar-refractivity contribution in [3.8, 4) is 11.1 Å². The molecule has 13 nitrogen and oxygen atoms in total. The summed E-state index contributed by atoms with van der Waals surface area (Å²) in [6.07, 6.45) is 6.91. The number of carbonyl (C=O) groups is 2. The van der Waals surface area contributed by atoms with Crippen molar-refractivity contribution in [1.82, 2.24) is 39.6 Å². The zero-order valence-corrected chi connectivity index (χ0v) is 21.8. The first-order chi connectivity index (χ1) is 18.9. The Morgan fingerprint density at radius 3 is 2.77 bits per heavy atom. The van der Waals surface area contributed by atoms with Gasteiger partial charge in [-0.2, -0.15) is 5.10 Å². The molecule has 0 bridgehead atoms. The summed E-state index contributed by atoms with van der Waals surface area (Å²) in [7, 11) is 1.85. The quantitative estimate of drug-likeness (QED) is 0.356.